The number of nitrogens with zero attached hydrogens (tertiary/aromatic N) is 1. The van der Waals surface area contributed by atoms with Crippen LogP contribution in [0.2, 0.25) is 0 Å². The molecule has 1 saturated heterocycles. The van der Waals surface area contributed by atoms with Gasteiger partial charge in [0.05, 0.1) is 6.42 Å². The lowest BCUT2D eigenvalue weighted by atomic mass is 9.96. The van der Waals surface area contributed by atoms with Crippen LogP contribution >= 0.6 is 0 Å². The molecule has 1 fully saturated rings. The lowest BCUT2D eigenvalue weighted by molar-refractivity contribution is -0.144. The van der Waals surface area contributed by atoms with E-state index in [2.05, 4.69) is 37.2 Å². The van der Waals surface area contributed by atoms with Gasteiger partial charge in [-0.05, 0) is 81.9 Å². The Morgan fingerprint density at radius 2 is 1.49 bits per heavy atom. The van der Waals surface area contributed by atoms with E-state index in [0.29, 0.717) is 45.1 Å². The maximum Gasteiger partial charge on any atom is 0.326 e. The van der Waals surface area contributed by atoms with Crippen molar-refractivity contribution in [3.8, 4) is 0 Å². The SMILES string of the molecule is CC[C@@H](C)[C@@H]1NC(=O)[C@@H](NC(=O)N[C@H](CCCCN)C(=O)O)CCCCNC(=O)[C@H](Cc2ccccc2)N(CC)C(=O)[C@@H](CC(=O)NC)NC(=O)[C@H](CCc2ccccc2)NC1=O. The Hall–Kier alpha value is -6.04. The van der Waals surface area contributed by atoms with Crippen LogP contribution in [0, 0.1) is 5.92 Å². The quantitative estimate of drug-likeness (QED) is 0.103. The second-order valence-electron chi connectivity index (χ2n) is 15.9. The molecule has 8 amide bonds. The van der Waals surface area contributed by atoms with E-state index in [4.69, 9.17) is 5.73 Å². The van der Waals surface area contributed by atoms with Gasteiger partial charge in [-0.1, -0.05) is 80.9 Å². The van der Waals surface area contributed by atoms with Crippen LogP contribution in [0.5, 0.6) is 0 Å². The summed E-state index contributed by atoms with van der Waals surface area (Å²) in [4.78, 5) is 111. The maximum absolute atomic E-state index is 14.6. The first kappa shape index (κ1) is 51.3. The summed E-state index contributed by atoms with van der Waals surface area (Å²) in [5.41, 5.74) is 7.19. The highest BCUT2D eigenvalue weighted by molar-refractivity contribution is 5.98. The van der Waals surface area contributed by atoms with Crippen LogP contribution in [0.25, 0.3) is 0 Å². The molecular weight excluding hydrogens is 811 g/mol. The number of hydrogen-bond acceptors (Lipinski definition) is 9. The van der Waals surface area contributed by atoms with Crippen molar-refractivity contribution in [2.45, 2.75) is 128 Å². The standard InChI is InChI=1S/C45H67N9O9/c1-5-29(3)38-42(59)49-33(24-23-30-17-9-7-10-18-30)39(56)50-35(28-37(55)47-4)43(60)54(6-2)36(27-31-19-11-8-12-20-31)41(58)48-26-16-14-21-32(40(57)53-38)51-45(63)52-34(44(61)62)22-13-15-25-46/h7-12,17-20,29,32-36,38H,5-6,13-16,21-28,46H2,1-4H3,(H,47,55)(H,48,58)(H,49,59)(H,50,56)(H,53,57)(H,61,62)(H2,51,52,63)/t29-,32+,33+,34-,35-,36+,38+/m1/s1. The van der Waals surface area contributed by atoms with Gasteiger partial charge in [-0.15, -0.1) is 0 Å². The molecule has 346 valence electrons. The maximum atomic E-state index is 14.6. The first-order valence-electron chi connectivity index (χ1n) is 22.0. The first-order chi connectivity index (χ1) is 30.2. The monoisotopic (exact) mass is 878 g/mol. The van der Waals surface area contributed by atoms with E-state index in [9.17, 15) is 43.5 Å². The molecule has 2 aromatic carbocycles. The van der Waals surface area contributed by atoms with Gasteiger partial charge in [-0.3, -0.25) is 28.8 Å². The van der Waals surface area contributed by atoms with Crippen molar-refractivity contribution in [2.24, 2.45) is 11.7 Å². The largest absolute Gasteiger partial charge is 0.480 e. The number of likely N-dealkylation sites (N-methyl/N-ethyl adjacent to an activating group) is 1. The summed E-state index contributed by atoms with van der Waals surface area (Å²) in [6.07, 6.45) is 2.29. The van der Waals surface area contributed by atoms with Crippen molar-refractivity contribution in [1.82, 2.24) is 42.1 Å². The predicted molar refractivity (Wildman–Crippen MR) is 237 cm³/mol. The summed E-state index contributed by atoms with van der Waals surface area (Å²) in [5, 5.41) is 28.5. The molecule has 0 spiro atoms. The zero-order valence-corrected chi connectivity index (χ0v) is 37.0. The fourth-order valence-corrected chi connectivity index (χ4v) is 7.29. The van der Waals surface area contributed by atoms with Crippen LogP contribution < -0.4 is 43.0 Å². The van der Waals surface area contributed by atoms with Crippen molar-refractivity contribution in [3.05, 3.63) is 71.8 Å². The predicted octanol–water partition coefficient (Wildman–Crippen LogP) is 1.27. The summed E-state index contributed by atoms with van der Waals surface area (Å²) in [7, 11) is 1.40. The summed E-state index contributed by atoms with van der Waals surface area (Å²) < 4.78 is 0. The fourth-order valence-electron chi connectivity index (χ4n) is 7.29. The molecule has 1 aliphatic heterocycles. The minimum Gasteiger partial charge on any atom is -0.480 e. The zero-order valence-electron chi connectivity index (χ0n) is 37.0. The van der Waals surface area contributed by atoms with Gasteiger partial charge in [0.1, 0.15) is 36.3 Å². The van der Waals surface area contributed by atoms with Gasteiger partial charge < -0.3 is 53.0 Å². The van der Waals surface area contributed by atoms with Gasteiger partial charge >= 0.3 is 12.0 Å². The van der Waals surface area contributed by atoms with E-state index in [1.807, 2.05) is 67.6 Å². The van der Waals surface area contributed by atoms with Crippen LogP contribution in [-0.2, 0) is 46.4 Å². The Labute approximate surface area is 370 Å². The van der Waals surface area contributed by atoms with Gasteiger partial charge in [-0.2, -0.15) is 0 Å². The van der Waals surface area contributed by atoms with Gasteiger partial charge in [0.15, 0.2) is 0 Å². The second kappa shape index (κ2) is 27.1. The Morgan fingerprint density at radius 3 is 2.10 bits per heavy atom. The molecule has 63 heavy (non-hydrogen) atoms. The molecule has 0 bridgehead atoms. The summed E-state index contributed by atoms with van der Waals surface area (Å²) in [5.74, 6) is -5.59. The first-order valence-corrected chi connectivity index (χ1v) is 22.0. The number of unbranched alkanes of at least 4 members (excludes halogenated alkanes) is 1. The van der Waals surface area contributed by atoms with E-state index >= 15 is 0 Å². The Kier molecular flexibility index (Phi) is 22.1. The highest BCUT2D eigenvalue weighted by Gasteiger charge is 2.38. The van der Waals surface area contributed by atoms with Crippen molar-refractivity contribution in [2.75, 3.05) is 26.7 Å². The number of carbonyl (C=O) groups is 8. The number of nitrogens with two attached hydrogens (primary N) is 1. The van der Waals surface area contributed by atoms with E-state index in [1.54, 1.807) is 13.8 Å². The lowest BCUT2D eigenvalue weighted by Gasteiger charge is -2.34. The van der Waals surface area contributed by atoms with Gasteiger partial charge in [0.2, 0.25) is 35.4 Å². The number of amides is 8. The third kappa shape index (κ3) is 17.0. The molecule has 18 nitrogen and oxygen atoms in total. The number of rotatable bonds is 17. The third-order valence-corrected chi connectivity index (χ3v) is 11.2. The van der Waals surface area contributed by atoms with Gasteiger partial charge in [-0.25, -0.2) is 9.59 Å². The normalized spacial score (nSPS) is 21.8. The Bertz CT molecular complexity index is 1820. The summed E-state index contributed by atoms with van der Waals surface area (Å²) >= 11 is 0. The molecule has 7 atom stereocenters. The van der Waals surface area contributed by atoms with E-state index in [0.717, 1.165) is 11.1 Å². The minimum absolute atomic E-state index is 0.0468. The molecule has 1 heterocycles. The smallest absolute Gasteiger partial charge is 0.326 e. The highest BCUT2D eigenvalue weighted by atomic mass is 16.4. The topological polar surface area (TPSA) is 270 Å². The number of carboxylic acid groups (broad SMARTS) is 1. The molecular formula is C45H67N9O9. The molecule has 1 aliphatic rings. The molecule has 0 aromatic heterocycles. The molecule has 0 radical (unpaired) electrons. The molecule has 0 unspecified atom stereocenters. The highest BCUT2D eigenvalue weighted by Crippen LogP contribution is 2.16. The second-order valence-corrected chi connectivity index (χ2v) is 15.9. The number of nitrogens with one attached hydrogen (secondary N) is 7. The molecule has 10 N–H and O–H groups in total. The van der Waals surface area contributed by atoms with Crippen molar-refractivity contribution < 1.29 is 43.5 Å². The van der Waals surface area contributed by atoms with Crippen LogP contribution in [-0.4, -0.2) is 120 Å². The Balaban J connectivity index is 2.09. The average Bonchev–Trinajstić information content (AvgIpc) is 3.27. The molecule has 2 aromatic rings. The number of urea groups is 1. The van der Waals surface area contributed by atoms with Crippen LogP contribution in [0.1, 0.15) is 89.7 Å². The van der Waals surface area contributed by atoms with Crippen LogP contribution in [0.15, 0.2) is 60.7 Å². The number of aliphatic carboxylic acids is 1. The zero-order chi connectivity index (χ0) is 46.3. The number of benzene rings is 2. The third-order valence-electron chi connectivity index (χ3n) is 11.2. The number of hydrogen-bond donors (Lipinski definition) is 9. The molecule has 18 heteroatoms. The lowest BCUT2D eigenvalue weighted by Crippen LogP contribution is -2.61. The number of carbonyl (C=O) groups excluding carboxylic acids is 7. The van der Waals surface area contributed by atoms with E-state index in [-0.39, 0.29) is 38.8 Å². The van der Waals surface area contributed by atoms with Crippen LogP contribution in [0.4, 0.5) is 4.79 Å². The van der Waals surface area contributed by atoms with Gasteiger partial charge in [0, 0.05) is 26.6 Å². The molecule has 0 saturated carbocycles. The van der Waals surface area contributed by atoms with Crippen molar-refractivity contribution in [1.29, 1.82) is 0 Å². The number of aryl methyl sites for hydroxylation is 1. The minimum atomic E-state index is -1.42. The molecule has 3 rings (SSSR count). The van der Waals surface area contributed by atoms with E-state index < -0.39 is 96.0 Å². The summed E-state index contributed by atoms with van der Waals surface area (Å²) in [6, 6.07) is 10.0. The number of carboxylic acids is 1. The van der Waals surface area contributed by atoms with E-state index in [1.165, 1.54) is 11.9 Å². The fraction of sp³-hybridized carbons (Fsp3) is 0.556. The molecule has 0 aliphatic carbocycles. The Morgan fingerprint density at radius 1 is 0.841 bits per heavy atom. The van der Waals surface area contributed by atoms with Crippen molar-refractivity contribution >= 4 is 47.4 Å². The average molecular weight is 878 g/mol. The van der Waals surface area contributed by atoms with Gasteiger partial charge in [0.25, 0.3) is 0 Å². The van der Waals surface area contributed by atoms with Crippen LogP contribution in [0.3, 0.4) is 0 Å². The summed E-state index contributed by atoms with van der Waals surface area (Å²) in [6.45, 7) is 5.80. The van der Waals surface area contributed by atoms with Crippen molar-refractivity contribution in [3.63, 3.8) is 0 Å².